The molecule has 0 aliphatic heterocycles. The number of ether oxygens (including phenoxy) is 1. The Balaban J connectivity index is 2.16. The van der Waals surface area contributed by atoms with Crippen molar-refractivity contribution in [3.8, 4) is 0 Å². The van der Waals surface area contributed by atoms with Gasteiger partial charge in [-0.2, -0.15) is 0 Å². The Kier molecular flexibility index (Phi) is 4.77. The minimum Gasteiger partial charge on any atom is -0.462 e. The molecule has 21 heavy (non-hydrogen) atoms. The molecule has 0 spiro atoms. The van der Waals surface area contributed by atoms with Gasteiger partial charge in [0.25, 0.3) is 0 Å². The number of esters is 1. The van der Waals surface area contributed by atoms with E-state index in [-0.39, 0.29) is 0 Å². The van der Waals surface area contributed by atoms with Gasteiger partial charge in [-0.1, -0.05) is 24.3 Å². The number of aryl methyl sites for hydroxylation is 1. The second kappa shape index (κ2) is 6.74. The predicted octanol–water partition coefficient (Wildman–Crippen LogP) is 2.76. The summed E-state index contributed by atoms with van der Waals surface area (Å²) in [5.74, 6) is 0.0557. The van der Waals surface area contributed by atoms with E-state index in [1.54, 1.807) is 19.2 Å². The summed E-state index contributed by atoms with van der Waals surface area (Å²) in [5.41, 5.74) is 8.97. The Morgan fingerprint density at radius 3 is 2.81 bits per heavy atom. The van der Waals surface area contributed by atoms with E-state index in [9.17, 15) is 4.79 Å². The van der Waals surface area contributed by atoms with Gasteiger partial charge >= 0.3 is 5.97 Å². The number of benzene rings is 1. The molecule has 0 amide bonds. The number of anilines is 2. The molecule has 110 valence electrons. The van der Waals surface area contributed by atoms with Crippen LogP contribution in [-0.2, 0) is 11.3 Å². The van der Waals surface area contributed by atoms with Crippen molar-refractivity contribution in [3.63, 3.8) is 0 Å². The minimum atomic E-state index is -0.434. The third kappa shape index (κ3) is 3.51. The molecular weight excluding hydrogens is 266 g/mol. The van der Waals surface area contributed by atoms with E-state index in [4.69, 9.17) is 10.5 Å². The molecule has 5 nitrogen and oxygen atoms in total. The van der Waals surface area contributed by atoms with E-state index >= 15 is 0 Å². The summed E-state index contributed by atoms with van der Waals surface area (Å²) < 4.78 is 4.97. The molecule has 0 saturated heterocycles. The fourth-order valence-electron chi connectivity index (χ4n) is 1.99. The zero-order valence-corrected chi connectivity index (χ0v) is 12.2. The Morgan fingerprint density at radius 2 is 2.10 bits per heavy atom. The van der Waals surface area contributed by atoms with Crippen molar-refractivity contribution in [1.82, 2.24) is 4.98 Å². The van der Waals surface area contributed by atoms with Crippen LogP contribution in [0.15, 0.2) is 36.5 Å². The van der Waals surface area contributed by atoms with Crippen LogP contribution in [0.25, 0.3) is 0 Å². The predicted molar refractivity (Wildman–Crippen MR) is 83.1 cm³/mol. The number of hydrogen-bond donors (Lipinski definition) is 2. The number of aromatic nitrogens is 1. The number of nitrogens with zero attached hydrogens (tertiary/aromatic N) is 1. The number of carbonyl (C=O) groups excluding carboxylic acids is 1. The van der Waals surface area contributed by atoms with Crippen LogP contribution in [-0.4, -0.2) is 17.6 Å². The summed E-state index contributed by atoms with van der Waals surface area (Å²) in [4.78, 5) is 16.0. The van der Waals surface area contributed by atoms with Crippen LogP contribution in [0.4, 0.5) is 11.5 Å². The monoisotopic (exact) mass is 285 g/mol. The number of nitrogens with one attached hydrogen (secondary N) is 1. The molecule has 0 atom stereocenters. The molecule has 0 saturated carbocycles. The normalized spacial score (nSPS) is 10.2. The van der Waals surface area contributed by atoms with Crippen LogP contribution in [0.2, 0.25) is 0 Å². The van der Waals surface area contributed by atoms with Crippen LogP contribution < -0.4 is 11.1 Å². The number of nitrogens with two attached hydrogens (primary N) is 1. The molecule has 0 aliphatic rings. The SMILES string of the molecule is CCOC(=O)c1ccnc(NCc2ccccc2C)c1N. The van der Waals surface area contributed by atoms with Gasteiger partial charge < -0.3 is 15.8 Å². The average Bonchev–Trinajstić information content (AvgIpc) is 2.48. The molecule has 0 aliphatic carbocycles. The molecule has 0 fully saturated rings. The summed E-state index contributed by atoms with van der Waals surface area (Å²) in [5, 5.41) is 3.16. The van der Waals surface area contributed by atoms with Gasteiger partial charge in [-0.3, -0.25) is 0 Å². The summed E-state index contributed by atoms with van der Waals surface area (Å²) in [7, 11) is 0. The number of hydrogen-bond acceptors (Lipinski definition) is 5. The van der Waals surface area contributed by atoms with Crippen LogP contribution >= 0.6 is 0 Å². The number of pyridine rings is 1. The Bertz CT molecular complexity index is 641. The van der Waals surface area contributed by atoms with Crippen molar-refractivity contribution in [2.45, 2.75) is 20.4 Å². The first-order valence-electron chi connectivity index (χ1n) is 6.83. The van der Waals surface area contributed by atoms with Crippen LogP contribution in [0.1, 0.15) is 28.4 Å². The Hall–Kier alpha value is -2.56. The zero-order chi connectivity index (χ0) is 15.2. The second-order valence-corrected chi connectivity index (χ2v) is 4.62. The highest BCUT2D eigenvalue weighted by Gasteiger charge is 2.14. The van der Waals surface area contributed by atoms with Crippen molar-refractivity contribution in [3.05, 3.63) is 53.2 Å². The molecule has 3 N–H and O–H groups in total. The van der Waals surface area contributed by atoms with Gasteiger partial charge in [0.2, 0.25) is 0 Å². The van der Waals surface area contributed by atoms with Crippen molar-refractivity contribution in [2.24, 2.45) is 0 Å². The van der Waals surface area contributed by atoms with Crippen LogP contribution in [0.5, 0.6) is 0 Å². The molecule has 2 aromatic rings. The second-order valence-electron chi connectivity index (χ2n) is 4.62. The minimum absolute atomic E-state index is 0.310. The van der Waals surface area contributed by atoms with Crippen molar-refractivity contribution in [1.29, 1.82) is 0 Å². The summed E-state index contributed by atoms with van der Waals surface area (Å²) in [6.07, 6.45) is 1.54. The summed E-state index contributed by atoms with van der Waals surface area (Å²) >= 11 is 0. The van der Waals surface area contributed by atoms with E-state index in [1.165, 1.54) is 5.56 Å². The lowest BCUT2D eigenvalue weighted by molar-refractivity contribution is 0.0527. The molecule has 2 rings (SSSR count). The van der Waals surface area contributed by atoms with Gasteiger partial charge in [-0.05, 0) is 31.0 Å². The quantitative estimate of drug-likeness (QED) is 0.826. The van der Waals surface area contributed by atoms with Crippen molar-refractivity contribution >= 4 is 17.5 Å². The van der Waals surface area contributed by atoms with Gasteiger partial charge in [0, 0.05) is 12.7 Å². The lowest BCUT2D eigenvalue weighted by Gasteiger charge is -2.12. The highest BCUT2D eigenvalue weighted by Crippen LogP contribution is 2.21. The van der Waals surface area contributed by atoms with Crippen molar-refractivity contribution in [2.75, 3.05) is 17.7 Å². The molecule has 1 aromatic heterocycles. The molecule has 5 heteroatoms. The van der Waals surface area contributed by atoms with Crippen LogP contribution in [0.3, 0.4) is 0 Å². The lowest BCUT2D eigenvalue weighted by Crippen LogP contribution is -2.12. The van der Waals surface area contributed by atoms with E-state index < -0.39 is 5.97 Å². The Labute approximate surface area is 124 Å². The highest BCUT2D eigenvalue weighted by molar-refractivity contribution is 5.97. The van der Waals surface area contributed by atoms with Crippen molar-refractivity contribution < 1.29 is 9.53 Å². The van der Waals surface area contributed by atoms with E-state index in [1.807, 2.05) is 31.2 Å². The Morgan fingerprint density at radius 1 is 1.33 bits per heavy atom. The van der Waals surface area contributed by atoms with Gasteiger partial charge in [0.1, 0.15) is 5.82 Å². The summed E-state index contributed by atoms with van der Waals surface area (Å²) in [6, 6.07) is 9.62. The number of carbonyl (C=O) groups is 1. The fourth-order valence-corrected chi connectivity index (χ4v) is 1.99. The third-order valence-corrected chi connectivity index (χ3v) is 3.19. The zero-order valence-electron chi connectivity index (χ0n) is 12.2. The maximum atomic E-state index is 11.8. The number of nitrogen functional groups attached to an aromatic ring is 1. The van der Waals surface area contributed by atoms with Gasteiger partial charge in [-0.25, -0.2) is 9.78 Å². The highest BCUT2D eigenvalue weighted by atomic mass is 16.5. The van der Waals surface area contributed by atoms with Gasteiger partial charge in [-0.15, -0.1) is 0 Å². The van der Waals surface area contributed by atoms with Crippen LogP contribution in [0, 0.1) is 6.92 Å². The molecular formula is C16H19N3O2. The maximum absolute atomic E-state index is 11.8. The topological polar surface area (TPSA) is 77.2 Å². The standard InChI is InChI=1S/C16H19N3O2/c1-3-21-16(20)13-8-9-18-15(14(13)17)19-10-12-7-5-4-6-11(12)2/h4-9H,3,10,17H2,1-2H3,(H,18,19). The first-order chi connectivity index (χ1) is 10.1. The lowest BCUT2D eigenvalue weighted by atomic mass is 10.1. The summed E-state index contributed by atoms with van der Waals surface area (Å²) in [6.45, 7) is 4.71. The first-order valence-corrected chi connectivity index (χ1v) is 6.83. The van der Waals surface area contributed by atoms with E-state index in [2.05, 4.69) is 10.3 Å². The molecule has 1 aromatic carbocycles. The molecule has 0 unspecified atom stereocenters. The molecule has 1 heterocycles. The third-order valence-electron chi connectivity index (χ3n) is 3.19. The largest absolute Gasteiger partial charge is 0.462 e. The van der Waals surface area contributed by atoms with E-state index in [0.717, 1.165) is 5.56 Å². The fraction of sp³-hybridized carbons (Fsp3) is 0.250. The first kappa shape index (κ1) is 14.8. The van der Waals surface area contributed by atoms with Gasteiger partial charge in [0.15, 0.2) is 0 Å². The molecule has 0 radical (unpaired) electrons. The maximum Gasteiger partial charge on any atom is 0.340 e. The average molecular weight is 285 g/mol. The number of rotatable bonds is 5. The smallest absolute Gasteiger partial charge is 0.340 e. The molecule has 0 bridgehead atoms. The van der Waals surface area contributed by atoms with E-state index in [0.29, 0.717) is 30.2 Å². The van der Waals surface area contributed by atoms with Gasteiger partial charge in [0.05, 0.1) is 17.9 Å².